The van der Waals surface area contributed by atoms with Crippen molar-refractivity contribution in [1.82, 2.24) is 9.97 Å². The number of nitrogens with one attached hydrogen (secondary N) is 1. The molecule has 0 saturated carbocycles. The summed E-state index contributed by atoms with van der Waals surface area (Å²) in [7, 11) is 0. The average Bonchev–Trinajstić information content (AvgIpc) is 3.09. The Hall–Kier alpha value is -2.67. The van der Waals surface area contributed by atoms with Gasteiger partial charge in [0, 0.05) is 25.0 Å². The van der Waals surface area contributed by atoms with Crippen LogP contribution in [0.15, 0.2) is 36.5 Å². The SMILES string of the molecule is CC(Nc1nccc(N2C(C=O)OCC2(C)C)n1)c1ccc(N2CCCCC2)cc1. The molecule has 0 spiro atoms. The number of nitrogens with zero attached hydrogens (tertiary/aromatic N) is 4. The molecule has 2 unspecified atom stereocenters. The van der Waals surface area contributed by atoms with Gasteiger partial charge in [-0.1, -0.05) is 12.1 Å². The zero-order chi connectivity index (χ0) is 21.1. The van der Waals surface area contributed by atoms with E-state index in [1.54, 1.807) is 6.20 Å². The van der Waals surface area contributed by atoms with Crippen LogP contribution >= 0.6 is 0 Å². The Bertz CT molecular complexity index is 864. The molecule has 0 amide bonds. The van der Waals surface area contributed by atoms with Gasteiger partial charge in [-0.25, -0.2) is 4.98 Å². The van der Waals surface area contributed by atoms with Crippen LogP contribution in [0.3, 0.4) is 0 Å². The van der Waals surface area contributed by atoms with Gasteiger partial charge in [-0.15, -0.1) is 0 Å². The molecule has 2 aromatic rings. The molecule has 1 aromatic heterocycles. The maximum Gasteiger partial charge on any atom is 0.225 e. The molecule has 1 aromatic carbocycles. The smallest absolute Gasteiger partial charge is 0.225 e. The number of benzene rings is 1. The highest BCUT2D eigenvalue weighted by atomic mass is 16.5. The maximum absolute atomic E-state index is 11.4. The van der Waals surface area contributed by atoms with Crippen molar-refractivity contribution in [3.8, 4) is 0 Å². The van der Waals surface area contributed by atoms with Crippen molar-refractivity contribution in [3.63, 3.8) is 0 Å². The Kier molecular flexibility index (Phi) is 5.90. The van der Waals surface area contributed by atoms with Gasteiger partial charge in [0.1, 0.15) is 5.82 Å². The van der Waals surface area contributed by atoms with Crippen molar-refractivity contribution in [2.75, 3.05) is 34.8 Å². The van der Waals surface area contributed by atoms with Crippen molar-refractivity contribution in [2.24, 2.45) is 0 Å². The van der Waals surface area contributed by atoms with E-state index in [0.29, 0.717) is 18.4 Å². The van der Waals surface area contributed by atoms with Crippen molar-refractivity contribution in [2.45, 2.75) is 57.8 Å². The summed E-state index contributed by atoms with van der Waals surface area (Å²) in [5.74, 6) is 1.22. The van der Waals surface area contributed by atoms with Gasteiger partial charge >= 0.3 is 0 Å². The Morgan fingerprint density at radius 2 is 1.90 bits per heavy atom. The van der Waals surface area contributed by atoms with Crippen LogP contribution in [0.25, 0.3) is 0 Å². The third-order valence-electron chi connectivity index (χ3n) is 5.98. The molecule has 0 aliphatic carbocycles. The summed E-state index contributed by atoms with van der Waals surface area (Å²) < 4.78 is 5.61. The fourth-order valence-electron chi connectivity index (χ4n) is 4.27. The van der Waals surface area contributed by atoms with Gasteiger partial charge in [0.25, 0.3) is 0 Å². The molecule has 0 bridgehead atoms. The van der Waals surface area contributed by atoms with Crippen molar-refractivity contribution in [3.05, 3.63) is 42.1 Å². The molecule has 2 aliphatic rings. The number of ether oxygens (including phenoxy) is 1. The van der Waals surface area contributed by atoms with Gasteiger partial charge in [0.05, 0.1) is 18.2 Å². The molecular formula is C23H31N5O2. The molecule has 2 aliphatic heterocycles. The summed E-state index contributed by atoms with van der Waals surface area (Å²) in [6, 6.07) is 10.6. The predicted molar refractivity (Wildman–Crippen MR) is 119 cm³/mol. The van der Waals surface area contributed by atoms with E-state index >= 15 is 0 Å². The number of carbonyl (C=O) groups excluding carboxylic acids is 1. The molecule has 2 fully saturated rings. The summed E-state index contributed by atoms with van der Waals surface area (Å²) in [5.41, 5.74) is 2.16. The van der Waals surface area contributed by atoms with Gasteiger partial charge in [-0.05, 0) is 63.8 Å². The van der Waals surface area contributed by atoms with Crippen molar-refractivity contribution >= 4 is 23.7 Å². The number of hydrogen-bond donors (Lipinski definition) is 1. The highest BCUT2D eigenvalue weighted by Gasteiger charge is 2.41. The van der Waals surface area contributed by atoms with E-state index in [-0.39, 0.29) is 11.6 Å². The predicted octanol–water partition coefficient (Wildman–Crippen LogP) is 3.78. The molecule has 4 rings (SSSR count). The van der Waals surface area contributed by atoms with Crippen LogP contribution < -0.4 is 15.1 Å². The molecule has 30 heavy (non-hydrogen) atoms. The fourth-order valence-corrected chi connectivity index (χ4v) is 4.27. The molecule has 2 atom stereocenters. The first kappa shape index (κ1) is 20.6. The Morgan fingerprint density at radius 1 is 1.17 bits per heavy atom. The minimum absolute atomic E-state index is 0.0559. The number of aldehydes is 1. The van der Waals surface area contributed by atoms with E-state index in [1.807, 2.05) is 24.8 Å². The summed E-state index contributed by atoms with van der Waals surface area (Å²) >= 11 is 0. The molecule has 7 heteroatoms. The molecule has 2 saturated heterocycles. The zero-order valence-corrected chi connectivity index (χ0v) is 18.0. The van der Waals surface area contributed by atoms with Crippen LogP contribution in [0, 0.1) is 0 Å². The number of carbonyl (C=O) groups is 1. The normalized spacial score (nSPS) is 22.0. The highest BCUT2D eigenvalue weighted by Crippen LogP contribution is 2.31. The second-order valence-electron chi connectivity index (χ2n) is 8.76. The van der Waals surface area contributed by atoms with E-state index < -0.39 is 6.23 Å². The van der Waals surface area contributed by atoms with E-state index in [4.69, 9.17) is 4.74 Å². The quantitative estimate of drug-likeness (QED) is 0.728. The third kappa shape index (κ3) is 4.26. The lowest BCUT2D eigenvalue weighted by Crippen LogP contribution is -2.45. The average molecular weight is 410 g/mol. The summed E-state index contributed by atoms with van der Waals surface area (Å²) in [4.78, 5) is 24.8. The second kappa shape index (κ2) is 8.60. The van der Waals surface area contributed by atoms with Crippen LogP contribution in [-0.2, 0) is 9.53 Å². The molecule has 1 N–H and O–H groups in total. The van der Waals surface area contributed by atoms with E-state index in [9.17, 15) is 4.79 Å². The largest absolute Gasteiger partial charge is 0.372 e. The number of hydrogen-bond acceptors (Lipinski definition) is 7. The highest BCUT2D eigenvalue weighted by molar-refractivity contribution is 5.65. The second-order valence-corrected chi connectivity index (χ2v) is 8.76. The first-order valence-electron chi connectivity index (χ1n) is 10.8. The van der Waals surface area contributed by atoms with Crippen molar-refractivity contribution in [1.29, 1.82) is 0 Å². The van der Waals surface area contributed by atoms with Crippen LogP contribution in [0.5, 0.6) is 0 Å². The molecular weight excluding hydrogens is 378 g/mol. The minimum atomic E-state index is -0.623. The van der Waals surface area contributed by atoms with Gasteiger partial charge in [-0.2, -0.15) is 4.98 Å². The zero-order valence-electron chi connectivity index (χ0n) is 18.0. The standard InChI is InChI=1S/C23H31N5O2/c1-17(18-7-9-19(10-8-18)27-13-5-4-6-14-27)25-22-24-12-11-20(26-22)28-21(15-29)30-16-23(28,2)3/h7-12,15,17,21H,4-6,13-14,16H2,1-3H3,(H,24,25,26). The van der Waals surface area contributed by atoms with Crippen LogP contribution in [-0.4, -0.2) is 47.7 Å². The molecule has 0 radical (unpaired) electrons. The van der Waals surface area contributed by atoms with Crippen LogP contribution in [0.2, 0.25) is 0 Å². The van der Waals surface area contributed by atoms with Crippen molar-refractivity contribution < 1.29 is 9.53 Å². The monoisotopic (exact) mass is 409 g/mol. The Balaban J connectivity index is 1.46. The Labute approximate surface area is 178 Å². The summed E-state index contributed by atoms with van der Waals surface area (Å²) in [6.07, 6.45) is 5.79. The third-order valence-corrected chi connectivity index (χ3v) is 5.98. The van der Waals surface area contributed by atoms with Gasteiger partial charge in [-0.3, -0.25) is 4.79 Å². The van der Waals surface area contributed by atoms with Crippen LogP contribution in [0.1, 0.15) is 51.6 Å². The first-order chi connectivity index (χ1) is 14.5. The number of piperidine rings is 1. The molecule has 3 heterocycles. The number of aromatic nitrogens is 2. The van der Waals surface area contributed by atoms with E-state index in [2.05, 4.69) is 51.4 Å². The lowest BCUT2D eigenvalue weighted by molar-refractivity contribution is -0.115. The van der Waals surface area contributed by atoms with Gasteiger partial charge in [0.2, 0.25) is 5.95 Å². The molecule has 160 valence electrons. The summed E-state index contributed by atoms with van der Waals surface area (Å²) in [6.45, 7) is 8.95. The lowest BCUT2D eigenvalue weighted by atomic mass is 10.1. The molecule has 7 nitrogen and oxygen atoms in total. The maximum atomic E-state index is 11.4. The number of anilines is 3. The van der Waals surface area contributed by atoms with Gasteiger partial charge < -0.3 is 19.9 Å². The van der Waals surface area contributed by atoms with E-state index in [1.165, 1.54) is 30.5 Å². The Morgan fingerprint density at radius 3 is 2.60 bits per heavy atom. The van der Waals surface area contributed by atoms with Gasteiger partial charge in [0.15, 0.2) is 12.5 Å². The van der Waals surface area contributed by atoms with E-state index in [0.717, 1.165) is 19.4 Å². The number of rotatable bonds is 6. The minimum Gasteiger partial charge on any atom is -0.372 e. The lowest BCUT2D eigenvalue weighted by Gasteiger charge is -2.32. The first-order valence-corrected chi connectivity index (χ1v) is 10.8. The van der Waals surface area contributed by atoms with Crippen LogP contribution in [0.4, 0.5) is 17.5 Å². The fraction of sp³-hybridized carbons (Fsp3) is 0.522. The topological polar surface area (TPSA) is 70.6 Å². The summed E-state index contributed by atoms with van der Waals surface area (Å²) in [5, 5.41) is 3.39.